The largest absolute Gasteiger partial charge is 0.327 e. The lowest BCUT2D eigenvalue weighted by Crippen LogP contribution is -2.46. The molecule has 1 unspecified atom stereocenters. The Balaban J connectivity index is 1.65. The number of benzene rings is 3. The van der Waals surface area contributed by atoms with Gasteiger partial charge in [0.15, 0.2) is 0 Å². The van der Waals surface area contributed by atoms with Gasteiger partial charge in [-0.25, -0.2) is 9.18 Å². The molecule has 5 nitrogen and oxygen atoms in total. The molecule has 0 aromatic heterocycles. The summed E-state index contributed by atoms with van der Waals surface area (Å²) >= 11 is 0. The Hall–Kier alpha value is -3.93. The summed E-state index contributed by atoms with van der Waals surface area (Å²) in [5.41, 5.74) is 3.68. The molecule has 0 aliphatic carbocycles. The minimum Gasteiger partial charge on any atom is -0.327 e. The van der Waals surface area contributed by atoms with Gasteiger partial charge in [0.05, 0.1) is 17.3 Å². The maximum Gasteiger partial charge on any atom is 0.319 e. The molecule has 0 fully saturated rings. The van der Waals surface area contributed by atoms with Crippen molar-refractivity contribution >= 4 is 17.6 Å². The molecule has 0 spiro atoms. The van der Waals surface area contributed by atoms with Crippen LogP contribution in [0.4, 0.5) is 14.9 Å². The Kier molecular flexibility index (Phi) is 5.30. The third-order valence-electron chi connectivity index (χ3n) is 4.99. The van der Waals surface area contributed by atoms with Gasteiger partial charge in [-0.3, -0.25) is 4.79 Å². The monoisotopic (exact) mass is 401 g/mol. The molecule has 150 valence electrons. The van der Waals surface area contributed by atoms with E-state index in [4.69, 9.17) is 0 Å². The van der Waals surface area contributed by atoms with Gasteiger partial charge in [0.25, 0.3) is 5.91 Å². The quantitative estimate of drug-likeness (QED) is 0.590. The first-order valence-electron chi connectivity index (χ1n) is 9.52. The molecule has 0 saturated carbocycles. The first kappa shape index (κ1) is 19.4. The van der Waals surface area contributed by atoms with E-state index in [0.29, 0.717) is 11.3 Å². The smallest absolute Gasteiger partial charge is 0.319 e. The number of carbonyl (C=O) groups excluding carboxylic acids is 2. The zero-order valence-corrected chi connectivity index (χ0v) is 16.3. The van der Waals surface area contributed by atoms with Gasteiger partial charge in [0.1, 0.15) is 5.82 Å². The predicted octanol–water partition coefficient (Wildman–Crippen LogP) is 4.76. The van der Waals surface area contributed by atoms with Gasteiger partial charge < -0.3 is 16.0 Å². The number of amides is 3. The zero-order chi connectivity index (χ0) is 21.1. The van der Waals surface area contributed by atoms with Crippen LogP contribution in [0.15, 0.2) is 90.1 Å². The summed E-state index contributed by atoms with van der Waals surface area (Å²) < 4.78 is 14.0. The summed E-state index contributed by atoms with van der Waals surface area (Å²) in [4.78, 5) is 25.1. The van der Waals surface area contributed by atoms with Crippen molar-refractivity contribution in [1.29, 1.82) is 0 Å². The normalized spacial score (nSPS) is 15.9. The van der Waals surface area contributed by atoms with Crippen LogP contribution in [0.2, 0.25) is 0 Å². The minimum atomic E-state index is -0.657. The molecule has 1 atom stereocenters. The molecule has 3 aromatic rings. The van der Waals surface area contributed by atoms with E-state index < -0.39 is 23.8 Å². The lowest BCUT2D eigenvalue weighted by atomic mass is 9.93. The van der Waals surface area contributed by atoms with Crippen molar-refractivity contribution in [1.82, 2.24) is 10.6 Å². The Labute approximate surface area is 173 Å². The van der Waals surface area contributed by atoms with Crippen molar-refractivity contribution < 1.29 is 14.0 Å². The van der Waals surface area contributed by atoms with Gasteiger partial charge in [0.2, 0.25) is 0 Å². The highest BCUT2D eigenvalue weighted by Crippen LogP contribution is 2.30. The molecule has 1 aliphatic rings. The standard InChI is InChI=1S/C24H20FN3O2/c1-15-21(23(29)27-20-10-6-5-9-19(20)25)22(28-24(30)26-15)18-13-11-17(12-14-18)16-7-3-2-4-8-16/h2-14,22H,1H3,(H,27,29)(H2,26,28,30). The first-order chi connectivity index (χ1) is 14.5. The van der Waals surface area contributed by atoms with E-state index in [0.717, 1.165) is 16.7 Å². The zero-order valence-electron chi connectivity index (χ0n) is 16.3. The summed E-state index contributed by atoms with van der Waals surface area (Å²) in [5.74, 6) is -1.01. The van der Waals surface area contributed by atoms with Gasteiger partial charge in [-0.1, -0.05) is 66.7 Å². The first-order valence-corrected chi connectivity index (χ1v) is 9.52. The maximum absolute atomic E-state index is 14.0. The van der Waals surface area contributed by atoms with E-state index in [9.17, 15) is 14.0 Å². The van der Waals surface area contributed by atoms with Crippen molar-refractivity contribution in [2.45, 2.75) is 13.0 Å². The number of hydrogen-bond acceptors (Lipinski definition) is 2. The van der Waals surface area contributed by atoms with Crippen LogP contribution in [0.25, 0.3) is 11.1 Å². The maximum atomic E-state index is 14.0. The van der Waals surface area contributed by atoms with E-state index >= 15 is 0 Å². The second-order valence-corrected chi connectivity index (χ2v) is 6.99. The molecule has 30 heavy (non-hydrogen) atoms. The number of nitrogens with one attached hydrogen (secondary N) is 3. The van der Waals surface area contributed by atoms with E-state index in [1.165, 1.54) is 12.1 Å². The van der Waals surface area contributed by atoms with Crippen LogP contribution in [0.3, 0.4) is 0 Å². The molecule has 3 aromatic carbocycles. The van der Waals surface area contributed by atoms with Crippen LogP contribution in [0.5, 0.6) is 0 Å². The van der Waals surface area contributed by atoms with Crippen LogP contribution in [-0.2, 0) is 4.79 Å². The summed E-state index contributed by atoms with van der Waals surface area (Å²) in [6, 6.07) is 22.5. The number of hydrogen-bond donors (Lipinski definition) is 3. The van der Waals surface area contributed by atoms with Crippen LogP contribution in [0, 0.1) is 5.82 Å². The SMILES string of the molecule is CC1=C(C(=O)Nc2ccccc2F)C(c2ccc(-c3ccccc3)cc2)NC(=O)N1. The third kappa shape index (κ3) is 3.93. The Morgan fingerprint density at radius 1 is 0.900 bits per heavy atom. The lowest BCUT2D eigenvalue weighted by Gasteiger charge is -2.28. The number of urea groups is 1. The molecular weight excluding hydrogens is 381 g/mol. The Morgan fingerprint density at radius 2 is 1.53 bits per heavy atom. The lowest BCUT2D eigenvalue weighted by molar-refractivity contribution is -0.113. The average molecular weight is 401 g/mol. The summed E-state index contributed by atoms with van der Waals surface area (Å²) in [5, 5.41) is 8.01. The van der Waals surface area contributed by atoms with Crippen LogP contribution in [-0.4, -0.2) is 11.9 Å². The van der Waals surface area contributed by atoms with Gasteiger partial charge in [-0.15, -0.1) is 0 Å². The number of halogens is 1. The van der Waals surface area contributed by atoms with Crippen LogP contribution >= 0.6 is 0 Å². The van der Waals surface area contributed by atoms with Crippen molar-refractivity contribution in [3.63, 3.8) is 0 Å². The highest BCUT2D eigenvalue weighted by Gasteiger charge is 2.31. The Morgan fingerprint density at radius 3 is 2.23 bits per heavy atom. The second kappa shape index (κ2) is 8.21. The molecule has 0 bridgehead atoms. The second-order valence-electron chi connectivity index (χ2n) is 6.99. The van der Waals surface area contributed by atoms with E-state index in [-0.39, 0.29) is 5.69 Å². The molecule has 3 N–H and O–H groups in total. The van der Waals surface area contributed by atoms with Gasteiger partial charge in [-0.05, 0) is 35.7 Å². The molecular formula is C24H20FN3O2. The molecule has 4 rings (SSSR count). The molecule has 1 heterocycles. The van der Waals surface area contributed by atoms with E-state index in [2.05, 4.69) is 16.0 Å². The third-order valence-corrected chi connectivity index (χ3v) is 4.99. The fraction of sp³-hybridized carbons (Fsp3) is 0.0833. The molecule has 6 heteroatoms. The number of para-hydroxylation sites is 1. The predicted molar refractivity (Wildman–Crippen MR) is 114 cm³/mol. The highest BCUT2D eigenvalue weighted by atomic mass is 19.1. The van der Waals surface area contributed by atoms with Gasteiger partial charge in [0, 0.05) is 5.70 Å². The summed E-state index contributed by atoms with van der Waals surface area (Å²) in [6.45, 7) is 1.65. The van der Waals surface area contributed by atoms with Crippen molar-refractivity contribution in [3.8, 4) is 11.1 Å². The van der Waals surface area contributed by atoms with Crippen molar-refractivity contribution in [2.24, 2.45) is 0 Å². The number of anilines is 1. The Bertz CT molecular complexity index is 1120. The van der Waals surface area contributed by atoms with Gasteiger partial charge >= 0.3 is 6.03 Å². The molecule has 0 saturated heterocycles. The number of carbonyl (C=O) groups is 2. The minimum absolute atomic E-state index is 0.0814. The van der Waals surface area contributed by atoms with Crippen LogP contribution < -0.4 is 16.0 Å². The summed E-state index contributed by atoms with van der Waals surface area (Å²) in [7, 11) is 0. The van der Waals surface area contributed by atoms with Crippen LogP contribution in [0.1, 0.15) is 18.5 Å². The van der Waals surface area contributed by atoms with Crippen molar-refractivity contribution in [3.05, 3.63) is 102 Å². The molecule has 1 aliphatic heterocycles. The molecule has 3 amide bonds. The van der Waals surface area contributed by atoms with Crippen molar-refractivity contribution in [2.75, 3.05) is 5.32 Å². The fourth-order valence-corrected chi connectivity index (χ4v) is 3.50. The number of rotatable bonds is 4. The summed E-state index contributed by atoms with van der Waals surface area (Å²) in [6.07, 6.45) is 0. The molecule has 0 radical (unpaired) electrons. The average Bonchev–Trinajstić information content (AvgIpc) is 2.75. The highest BCUT2D eigenvalue weighted by molar-refractivity contribution is 6.06. The van der Waals surface area contributed by atoms with E-state index in [1.54, 1.807) is 19.1 Å². The van der Waals surface area contributed by atoms with Gasteiger partial charge in [-0.2, -0.15) is 0 Å². The topological polar surface area (TPSA) is 70.2 Å². The van der Waals surface area contributed by atoms with E-state index in [1.807, 2.05) is 54.6 Å². The fourth-order valence-electron chi connectivity index (χ4n) is 3.50. The number of allylic oxidation sites excluding steroid dienone is 1.